The third-order valence-electron chi connectivity index (χ3n) is 1.06. The van der Waals surface area contributed by atoms with Crippen LogP contribution in [0.1, 0.15) is 0 Å². The predicted molar refractivity (Wildman–Crippen MR) is 45.2 cm³/mol. The number of anilines is 3. The van der Waals surface area contributed by atoms with Gasteiger partial charge in [0.05, 0.1) is 10.2 Å². The average molecular weight is 203 g/mol. The smallest absolute Gasteiger partial charge is 0.149 e. The van der Waals surface area contributed by atoms with Gasteiger partial charge >= 0.3 is 0 Å². The lowest BCUT2D eigenvalue weighted by molar-refractivity contribution is 1.33. The second kappa shape index (κ2) is 2.34. The van der Waals surface area contributed by atoms with Crippen LogP contribution in [0.5, 0.6) is 0 Å². The predicted octanol–water partition coefficient (Wildman–Crippen LogP) is 0.591. The zero-order chi connectivity index (χ0) is 7.72. The van der Waals surface area contributed by atoms with Crippen LogP contribution >= 0.6 is 15.9 Å². The van der Waals surface area contributed by atoms with Crippen LogP contribution in [0.3, 0.4) is 0 Å². The number of nitrogen functional groups attached to an aromatic ring is 3. The zero-order valence-electron chi connectivity index (χ0n) is 5.13. The Morgan fingerprint density at radius 1 is 1.20 bits per heavy atom. The highest BCUT2D eigenvalue weighted by Crippen LogP contribution is 2.23. The molecule has 0 fully saturated rings. The number of nitrogens with two attached hydrogens (primary N) is 3. The third kappa shape index (κ3) is 1.13. The molecule has 10 heavy (non-hydrogen) atoms. The van der Waals surface area contributed by atoms with Crippen LogP contribution < -0.4 is 17.2 Å². The van der Waals surface area contributed by atoms with Gasteiger partial charge in [-0.2, -0.15) is 0 Å². The molecule has 0 unspecified atom stereocenters. The molecule has 0 saturated carbocycles. The number of rotatable bonds is 0. The van der Waals surface area contributed by atoms with E-state index in [2.05, 4.69) is 20.9 Å². The Balaban J connectivity index is 3.28. The number of hydrogen-bond donors (Lipinski definition) is 3. The van der Waals surface area contributed by atoms with Gasteiger partial charge in [0.15, 0.2) is 0 Å². The molecule has 0 aliphatic carbocycles. The van der Waals surface area contributed by atoms with E-state index >= 15 is 0 Å². The number of halogens is 1. The summed E-state index contributed by atoms with van der Waals surface area (Å²) in [4.78, 5) is 3.76. The van der Waals surface area contributed by atoms with Gasteiger partial charge in [-0.3, -0.25) is 0 Å². The molecule has 1 heterocycles. The summed E-state index contributed by atoms with van der Waals surface area (Å²) in [7, 11) is 0. The summed E-state index contributed by atoms with van der Waals surface area (Å²) in [6, 6.07) is 1.62. The summed E-state index contributed by atoms with van der Waals surface area (Å²) in [5, 5.41) is 0. The fourth-order valence-corrected chi connectivity index (χ4v) is 0.867. The maximum atomic E-state index is 5.42. The minimum Gasteiger partial charge on any atom is -0.396 e. The number of nitrogens with zero attached hydrogens (tertiary/aromatic N) is 1. The molecule has 0 aliphatic rings. The quantitative estimate of drug-likeness (QED) is 0.575. The SMILES string of the molecule is Nc1cc(Br)c(N)nc1N. The van der Waals surface area contributed by atoms with Crippen LogP contribution in [0, 0.1) is 0 Å². The largest absolute Gasteiger partial charge is 0.396 e. The minimum atomic E-state index is 0.265. The van der Waals surface area contributed by atoms with Crippen molar-refractivity contribution in [1.82, 2.24) is 4.98 Å². The summed E-state index contributed by atoms with van der Waals surface area (Å²) in [6.07, 6.45) is 0. The van der Waals surface area contributed by atoms with Crippen molar-refractivity contribution in [2.45, 2.75) is 0 Å². The highest BCUT2D eigenvalue weighted by molar-refractivity contribution is 9.10. The molecule has 0 bridgehead atoms. The molecule has 6 N–H and O–H groups in total. The van der Waals surface area contributed by atoms with E-state index in [1.165, 1.54) is 0 Å². The Kier molecular flexibility index (Phi) is 1.67. The van der Waals surface area contributed by atoms with E-state index in [1.807, 2.05) is 0 Å². The van der Waals surface area contributed by atoms with Crippen LogP contribution in [0.2, 0.25) is 0 Å². The van der Waals surface area contributed by atoms with Gasteiger partial charge in [0.2, 0.25) is 0 Å². The summed E-state index contributed by atoms with van der Waals surface area (Å²) in [5.74, 6) is 0.618. The Morgan fingerprint density at radius 3 is 2.30 bits per heavy atom. The van der Waals surface area contributed by atoms with Crippen LogP contribution in [0.15, 0.2) is 10.5 Å². The van der Waals surface area contributed by atoms with Crippen LogP contribution in [0.25, 0.3) is 0 Å². The number of aromatic nitrogens is 1. The average Bonchev–Trinajstić information content (AvgIpc) is 1.84. The van der Waals surface area contributed by atoms with E-state index in [4.69, 9.17) is 17.2 Å². The summed E-state index contributed by atoms with van der Waals surface area (Å²) in [6.45, 7) is 0. The van der Waals surface area contributed by atoms with E-state index in [0.29, 0.717) is 16.0 Å². The lowest BCUT2D eigenvalue weighted by Crippen LogP contribution is -2.01. The van der Waals surface area contributed by atoms with Gasteiger partial charge in [-0.1, -0.05) is 0 Å². The lowest BCUT2D eigenvalue weighted by atomic mass is 10.4. The first-order valence-corrected chi connectivity index (χ1v) is 3.37. The van der Waals surface area contributed by atoms with Crippen molar-refractivity contribution in [2.75, 3.05) is 17.2 Å². The topological polar surface area (TPSA) is 91.0 Å². The highest BCUT2D eigenvalue weighted by atomic mass is 79.9. The Morgan fingerprint density at radius 2 is 1.80 bits per heavy atom. The summed E-state index contributed by atoms with van der Waals surface area (Å²) < 4.78 is 0.666. The molecule has 0 spiro atoms. The second-order valence-electron chi connectivity index (χ2n) is 1.83. The highest BCUT2D eigenvalue weighted by Gasteiger charge is 2.00. The molecule has 0 radical (unpaired) electrons. The lowest BCUT2D eigenvalue weighted by Gasteiger charge is -2.01. The van der Waals surface area contributed by atoms with Crippen LogP contribution in [0.4, 0.5) is 17.3 Å². The van der Waals surface area contributed by atoms with Crippen LogP contribution in [-0.2, 0) is 0 Å². The number of pyridine rings is 1. The first-order chi connectivity index (χ1) is 4.61. The Bertz CT molecular complexity index is 210. The first-order valence-electron chi connectivity index (χ1n) is 2.58. The Labute approximate surface area is 66.5 Å². The molecule has 0 saturated heterocycles. The molecular formula is C5H7BrN4. The molecule has 1 aromatic heterocycles. The monoisotopic (exact) mass is 202 g/mol. The van der Waals surface area contributed by atoms with E-state index < -0.39 is 0 Å². The van der Waals surface area contributed by atoms with Gasteiger partial charge in [-0.25, -0.2) is 4.98 Å². The van der Waals surface area contributed by atoms with Crippen molar-refractivity contribution in [3.63, 3.8) is 0 Å². The van der Waals surface area contributed by atoms with Gasteiger partial charge in [0, 0.05) is 0 Å². The second-order valence-corrected chi connectivity index (χ2v) is 2.68. The minimum absolute atomic E-state index is 0.265. The molecular weight excluding hydrogens is 196 g/mol. The van der Waals surface area contributed by atoms with Crippen molar-refractivity contribution >= 4 is 33.3 Å². The van der Waals surface area contributed by atoms with Gasteiger partial charge < -0.3 is 17.2 Å². The van der Waals surface area contributed by atoms with E-state index in [1.54, 1.807) is 6.07 Å². The standard InChI is InChI=1S/C5H7BrN4/c6-2-1-3(7)5(9)10-4(2)8/h1H,7H2,(H4,8,9,10). The fourth-order valence-electron chi connectivity index (χ4n) is 0.532. The molecule has 1 aromatic rings. The van der Waals surface area contributed by atoms with Crippen molar-refractivity contribution < 1.29 is 0 Å². The summed E-state index contributed by atoms with van der Waals surface area (Å²) >= 11 is 3.16. The fraction of sp³-hybridized carbons (Fsp3) is 0. The first kappa shape index (κ1) is 7.14. The maximum Gasteiger partial charge on any atom is 0.149 e. The van der Waals surface area contributed by atoms with Gasteiger partial charge in [-0.05, 0) is 22.0 Å². The van der Waals surface area contributed by atoms with Crippen molar-refractivity contribution in [2.24, 2.45) is 0 Å². The van der Waals surface area contributed by atoms with E-state index in [9.17, 15) is 0 Å². The third-order valence-corrected chi connectivity index (χ3v) is 1.70. The van der Waals surface area contributed by atoms with Gasteiger partial charge in [0.1, 0.15) is 11.6 Å². The molecule has 1 rings (SSSR count). The molecule has 0 atom stereocenters. The van der Waals surface area contributed by atoms with E-state index in [-0.39, 0.29) is 5.82 Å². The van der Waals surface area contributed by atoms with Gasteiger partial charge in [0.25, 0.3) is 0 Å². The molecule has 0 aliphatic heterocycles. The van der Waals surface area contributed by atoms with Crippen molar-refractivity contribution in [3.8, 4) is 0 Å². The Hall–Kier alpha value is -0.970. The van der Waals surface area contributed by atoms with Gasteiger partial charge in [-0.15, -0.1) is 0 Å². The zero-order valence-corrected chi connectivity index (χ0v) is 6.72. The molecule has 4 nitrogen and oxygen atoms in total. The van der Waals surface area contributed by atoms with Crippen LogP contribution in [-0.4, -0.2) is 4.98 Å². The molecule has 0 aromatic carbocycles. The molecule has 5 heteroatoms. The van der Waals surface area contributed by atoms with Crippen molar-refractivity contribution in [3.05, 3.63) is 10.5 Å². The normalized spacial score (nSPS) is 9.70. The number of hydrogen-bond acceptors (Lipinski definition) is 4. The summed E-state index contributed by atoms with van der Waals surface area (Å²) in [5.41, 5.74) is 16.6. The molecule has 0 amide bonds. The molecule has 54 valence electrons. The van der Waals surface area contributed by atoms with Crippen molar-refractivity contribution in [1.29, 1.82) is 0 Å². The van der Waals surface area contributed by atoms with E-state index in [0.717, 1.165) is 0 Å². The maximum absolute atomic E-state index is 5.42.